The van der Waals surface area contributed by atoms with E-state index >= 15 is 0 Å². The highest BCUT2D eigenvalue weighted by molar-refractivity contribution is 14.1. The summed E-state index contributed by atoms with van der Waals surface area (Å²) in [6.07, 6.45) is 4.46. The third kappa shape index (κ3) is 5.23. The maximum Gasteiger partial charge on any atom is 0.135 e. The van der Waals surface area contributed by atoms with E-state index in [1.807, 2.05) is 0 Å². The molecule has 2 aromatic rings. The highest BCUT2D eigenvalue weighted by Gasteiger charge is 2.28. The second-order valence-corrected chi connectivity index (χ2v) is 8.92. The van der Waals surface area contributed by atoms with E-state index in [2.05, 4.69) is 108 Å². The van der Waals surface area contributed by atoms with Gasteiger partial charge in [0.15, 0.2) is 0 Å². The maximum atomic E-state index is 5.48. The first-order valence-corrected chi connectivity index (χ1v) is 11.0. The lowest BCUT2D eigenvalue weighted by atomic mass is 9.96. The number of ether oxygens (including phenoxy) is 1. The quantitative estimate of drug-likeness (QED) is 0.274. The highest BCUT2D eigenvalue weighted by atomic mass is 127. The van der Waals surface area contributed by atoms with E-state index in [9.17, 15) is 0 Å². The van der Waals surface area contributed by atoms with Gasteiger partial charge in [-0.15, -0.1) is 0 Å². The van der Waals surface area contributed by atoms with Crippen LogP contribution in [-0.2, 0) is 4.74 Å². The predicted octanol–water partition coefficient (Wildman–Crippen LogP) is 6.22. The molecule has 1 aliphatic rings. The van der Waals surface area contributed by atoms with Gasteiger partial charge in [-0.2, -0.15) is 0 Å². The minimum Gasteiger partial charge on any atom is -0.382 e. The van der Waals surface area contributed by atoms with Crippen molar-refractivity contribution in [1.29, 1.82) is 0 Å². The van der Waals surface area contributed by atoms with E-state index in [4.69, 9.17) is 9.73 Å². The van der Waals surface area contributed by atoms with E-state index < -0.39 is 0 Å². The number of hydrogen-bond donors (Lipinski definition) is 0. The van der Waals surface area contributed by atoms with Crippen LogP contribution in [0.1, 0.15) is 43.9 Å². The molecule has 0 radical (unpaired) electrons. The molecule has 2 aromatic carbocycles. The number of halogens is 1. The van der Waals surface area contributed by atoms with Gasteiger partial charge in [0.2, 0.25) is 0 Å². The average Bonchev–Trinajstić information content (AvgIpc) is 2.72. The van der Waals surface area contributed by atoms with Crippen LogP contribution >= 0.6 is 22.6 Å². The molecule has 3 nitrogen and oxygen atoms in total. The number of methoxy groups -OCH3 is 1. The van der Waals surface area contributed by atoms with Gasteiger partial charge in [0.1, 0.15) is 5.84 Å². The Morgan fingerprint density at radius 1 is 1.11 bits per heavy atom. The third-order valence-corrected chi connectivity index (χ3v) is 5.95. The minimum atomic E-state index is 0.115. The topological polar surface area (TPSA) is 24.8 Å². The zero-order valence-corrected chi connectivity index (χ0v) is 19.0. The van der Waals surface area contributed by atoms with Crippen LogP contribution in [0.25, 0.3) is 0 Å². The molecule has 0 N–H and O–H groups in total. The van der Waals surface area contributed by atoms with Crippen LogP contribution in [0.15, 0.2) is 75.4 Å². The smallest absolute Gasteiger partial charge is 0.135 e. The maximum absolute atomic E-state index is 5.48. The van der Waals surface area contributed by atoms with Gasteiger partial charge in [0, 0.05) is 22.5 Å². The molecule has 4 heteroatoms. The molecular weight excluding hydrogens is 459 g/mol. The Hall–Kier alpha value is -1.66. The van der Waals surface area contributed by atoms with Crippen molar-refractivity contribution in [1.82, 2.24) is 4.90 Å². The zero-order valence-electron chi connectivity index (χ0n) is 16.9. The Balaban J connectivity index is 2.10. The lowest BCUT2D eigenvalue weighted by molar-refractivity contribution is 0.164. The van der Waals surface area contributed by atoms with Gasteiger partial charge in [0.05, 0.1) is 18.7 Å². The SMILES string of the molecule is COC[C@H](N=C(c1ccccc1)N1C=C(I)CC[C@H]1c1ccccc1)C(C)C. The average molecular weight is 488 g/mol. The minimum absolute atomic E-state index is 0.115. The Labute approximate surface area is 182 Å². The molecule has 0 saturated carbocycles. The summed E-state index contributed by atoms with van der Waals surface area (Å²) >= 11 is 2.46. The molecule has 148 valence electrons. The van der Waals surface area contributed by atoms with Crippen LogP contribution < -0.4 is 0 Å². The number of benzene rings is 2. The predicted molar refractivity (Wildman–Crippen MR) is 126 cm³/mol. The first kappa shape index (κ1) is 21.1. The van der Waals surface area contributed by atoms with E-state index in [-0.39, 0.29) is 12.1 Å². The standard InChI is InChI=1S/C24H29IN2O/c1-18(2)22(17-28-3)26-24(20-12-8-5-9-13-20)27-16-21(25)14-15-23(27)19-10-6-4-7-11-19/h4-13,16,18,22-23H,14-15,17H2,1-3H3/t22-,23-/m0/s1. The lowest BCUT2D eigenvalue weighted by Gasteiger charge is -2.36. The Kier molecular flexibility index (Phi) is 7.68. The fourth-order valence-electron chi connectivity index (χ4n) is 3.51. The molecule has 0 saturated heterocycles. The van der Waals surface area contributed by atoms with Gasteiger partial charge in [-0.25, -0.2) is 0 Å². The zero-order chi connectivity index (χ0) is 19.9. The second kappa shape index (κ2) is 10.2. The largest absolute Gasteiger partial charge is 0.382 e. The van der Waals surface area contributed by atoms with Crippen molar-refractivity contribution in [3.05, 3.63) is 81.6 Å². The first-order valence-electron chi connectivity index (χ1n) is 9.91. The summed E-state index contributed by atoms with van der Waals surface area (Å²) in [6, 6.07) is 21.7. The van der Waals surface area contributed by atoms with E-state index in [1.54, 1.807) is 7.11 Å². The molecule has 3 rings (SSSR count). The first-order chi connectivity index (χ1) is 13.6. The number of allylic oxidation sites excluding steroid dienone is 1. The van der Waals surface area contributed by atoms with E-state index in [0.717, 1.165) is 24.2 Å². The number of aliphatic imine (C=N–C) groups is 1. The number of hydrogen-bond acceptors (Lipinski definition) is 2. The van der Waals surface area contributed by atoms with Gasteiger partial charge < -0.3 is 9.64 Å². The van der Waals surface area contributed by atoms with Crippen molar-refractivity contribution < 1.29 is 4.74 Å². The van der Waals surface area contributed by atoms with Crippen LogP contribution in [0.5, 0.6) is 0 Å². The summed E-state index contributed by atoms with van der Waals surface area (Å²) in [5, 5.41) is 0. The van der Waals surface area contributed by atoms with Crippen LogP contribution in [0, 0.1) is 5.92 Å². The molecule has 0 amide bonds. The molecular formula is C24H29IN2O. The molecule has 0 fully saturated rings. The second-order valence-electron chi connectivity index (χ2n) is 7.53. The molecule has 28 heavy (non-hydrogen) atoms. The fraction of sp³-hybridized carbons (Fsp3) is 0.375. The van der Waals surface area contributed by atoms with Crippen molar-refractivity contribution in [3.63, 3.8) is 0 Å². The summed E-state index contributed by atoms with van der Waals surface area (Å²) in [5.41, 5.74) is 2.48. The molecule has 0 aromatic heterocycles. The van der Waals surface area contributed by atoms with Gasteiger partial charge >= 0.3 is 0 Å². The van der Waals surface area contributed by atoms with Crippen LogP contribution in [0.2, 0.25) is 0 Å². The van der Waals surface area contributed by atoms with Crippen molar-refractivity contribution in [2.45, 2.75) is 38.8 Å². The van der Waals surface area contributed by atoms with E-state index in [0.29, 0.717) is 12.5 Å². The third-order valence-electron chi connectivity index (χ3n) is 5.13. The van der Waals surface area contributed by atoms with Crippen molar-refractivity contribution in [2.24, 2.45) is 10.9 Å². The molecule has 2 atom stereocenters. The Morgan fingerprint density at radius 2 is 1.75 bits per heavy atom. The van der Waals surface area contributed by atoms with Crippen molar-refractivity contribution in [2.75, 3.05) is 13.7 Å². The summed E-state index contributed by atoms with van der Waals surface area (Å²) < 4.78 is 6.84. The Morgan fingerprint density at radius 3 is 2.36 bits per heavy atom. The van der Waals surface area contributed by atoms with Gasteiger partial charge in [0.25, 0.3) is 0 Å². The normalized spacial score (nSPS) is 18.9. The number of rotatable bonds is 6. The Bertz CT molecular complexity index is 802. The van der Waals surface area contributed by atoms with Gasteiger partial charge in [-0.1, -0.05) is 74.5 Å². The molecule has 0 spiro atoms. The molecule has 0 aliphatic carbocycles. The monoisotopic (exact) mass is 488 g/mol. The molecule has 1 aliphatic heterocycles. The summed E-state index contributed by atoms with van der Waals surface area (Å²) in [5.74, 6) is 1.43. The summed E-state index contributed by atoms with van der Waals surface area (Å²) in [7, 11) is 1.75. The van der Waals surface area contributed by atoms with Crippen LogP contribution in [-0.4, -0.2) is 30.5 Å². The summed E-state index contributed by atoms with van der Waals surface area (Å²) in [4.78, 5) is 7.62. The van der Waals surface area contributed by atoms with Crippen molar-refractivity contribution in [3.8, 4) is 0 Å². The molecule has 1 heterocycles. The molecule has 0 unspecified atom stereocenters. The van der Waals surface area contributed by atoms with Crippen molar-refractivity contribution >= 4 is 28.4 Å². The van der Waals surface area contributed by atoms with E-state index in [1.165, 1.54) is 9.14 Å². The number of amidine groups is 1. The lowest BCUT2D eigenvalue weighted by Crippen LogP contribution is -2.35. The van der Waals surface area contributed by atoms with Crippen LogP contribution in [0.3, 0.4) is 0 Å². The molecule has 0 bridgehead atoms. The fourth-order valence-corrected chi connectivity index (χ4v) is 4.13. The number of nitrogens with zero attached hydrogens (tertiary/aromatic N) is 2. The highest BCUT2D eigenvalue weighted by Crippen LogP contribution is 2.36. The van der Waals surface area contributed by atoms with Gasteiger partial charge in [-0.05, 0) is 46.9 Å². The van der Waals surface area contributed by atoms with Crippen LogP contribution in [0.4, 0.5) is 0 Å². The summed E-state index contributed by atoms with van der Waals surface area (Å²) in [6.45, 7) is 5.04. The van der Waals surface area contributed by atoms with Gasteiger partial charge in [-0.3, -0.25) is 4.99 Å².